The van der Waals surface area contributed by atoms with Gasteiger partial charge in [0.05, 0.1) is 25.3 Å². The van der Waals surface area contributed by atoms with Crippen molar-refractivity contribution < 1.29 is 18.7 Å². The van der Waals surface area contributed by atoms with Crippen LogP contribution in [0.2, 0.25) is 5.02 Å². The number of ether oxygens (including phenoxy) is 2. The summed E-state index contributed by atoms with van der Waals surface area (Å²) in [6.07, 6.45) is 0.687. The zero-order chi connectivity index (χ0) is 13.1. The number of nitrogens with one attached hydrogen (secondary N) is 1. The third-order valence-corrected chi connectivity index (χ3v) is 2.90. The molecule has 4 nitrogen and oxygen atoms in total. The lowest BCUT2D eigenvalue weighted by molar-refractivity contribution is 0.0989. The molecule has 98 valence electrons. The summed E-state index contributed by atoms with van der Waals surface area (Å²) in [4.78, 5) is 11.7. The maximum Gasteiger partial charge on any atom is 0.182 e. The molecule has 0 fully saturated rings. The number of benzene rings is 1. The highest BCUT2D eigenvalue weighted by molar-refractivity contribution is 6.33. The molecule has 6 heteroatoms. The van der Waals surface area contributed by atoms with Crippen LogP contribution in [0.25, 0.3) is 0 Å². The molecule has 0 bridgehead atoms. The lowest BCUT2D eigenvalue weighted by atomic mass is 10.1. The molecule has 1 aliphatic heterocycles. The van der Waals surface area contributed by atoms with E-state index in [2.05, 4.69) is 5.32 Å². The van der Waals surface area contributed by atoms with Crippen LogP contribution >= 0.6 is 11.6 Å². The Kier molecular flexibility index (Phi) is 4.04. The molecule has 18 heavy (non-hydrogen) atoms. The number of hydrogen-bond donors (Lipinski definition) is 1. The predicted octanol–water partition coefficient (Wildman–Crippen LogP) is 2.04. The van der Waals surface area contributed by atoms with Gasteiger partial charge in [0.2, 0.25) is 0 Å². The fourth-order valence-corrected chi connectivity index (χ4v) is 1.95. The Morgan fingerprint density at radius 3 is 2.94 bits per heavy atom. The summed E-state index contributed by atoms with van der Waals surface area (Å²) >= 11 is 5.88. The van der Waals surface area contributed by atoms with E-state index in [0.29, 0.717) is 25.4 Å². The highest BCUT2D eigenvalue weighted by atomic mass is 35.5. The van der Waals surface area contributed by atoms with Crippen molar-refractivity contribution in [2.75, 3.05) is 26.8 Å². The quantitative estimate of drug-likeness (QED) is 0.856. The van der Waals surface area contributed by atoms with Crippen molar-refractivity contribution in [2.24, 2.45) is 0 Å². The number of hydrogen-bond acceptors (Lipinski definition) is 4. The normalized spacial score (nSPS) is 14.2. The predicted molar refractivity (Wildman–Crippen MR) is 65.3 cm³/mol. The molecule has 1 N–H and O–H groups in total. The third-order valence-electron chi connectivity index (χ3n) is 2.56. The molecular weight excluding hydrogens is 261 g/mol. The van der Waals surface area contributed by atoms with Crippen LogP contribution in [-0.2, 0) is 0 Å². The molecule has 1 heterocycles. The fraction of sp³-hybridized carbons (Fsp3) is 0.417. The minimum Gasteiger partial charge on any atom is -0.489 e. The second-order valence-electron chi connectivity index (χ2n) is 3.88. The fourth-order valence-electron chi connectivity index (χ4n) is 1.70. The van der Waals surface area contributed by atoms with Crippen molar-refractivity contribution in [1.82, 2.24) is 5.32 Å². The Balaban J connectivity index is 2.47. The summed E-state index contributed by atoms with van der Waals surface area (Å²) in [5.41, 5.74) is -0.0846. The number of likely N-dealkylation sites (N-methyl/N-ethyl adjacent to an activating group) is 1. The van der Waals surface area contributed by atoms with Gasteiger partial charge in [0.25, 0.3) is 0 Å². The van der Waals surface area contributed by atoms with E-state index in [0.717, 1.165) is 0 Å². The molecule has 1 aromatic carbocycles. The summed E-state index contributed by atoms with van der Waals surface area (Å²) in [5.74, 6) is -0.653. The van der Waals surface area contributed by atoms with Crippen LogP contribution in [-0.4, -0.2) is 32.6 Å². The van der Waals surface area contributed by atoms with Crippen molar-refractivity contribution in [3.05, 3.63) is 22.5 Å². The van der Waals surface area contributed by atoms with Crippen molar-refractivity contribution in [3.63, 3.8) is 0 Å². The molecule has 1 aliphatic rings. The van der Waals surface area contributed by atoms with E-state index in [1.807, 2.05) is 0 Å². The molecule has 2 rings (SSSR count). The van der Waals surface area contributed by atoms with Gasteiger partial charge in [-0.2, -0.15) is 0 Å². The van der Waals surface area contributed by atoms with Crippen molar-refractivity contribution in [2.45, 2.75) is 6.42 Å². The lowest BCUT2D eigenvalue weighted by Gasteiger charge is -2.12. The van der Waals surface area contributed by atoms with Crippen LogP contribution in [0, 0.1) is 5.82 Å². The molecule has 0 saturated heterocycles. The highest BCUT2D eigenvalue weighted by Gasteiger charge is 2.24. The van der Waals surface area contributed by atoms with Gasteiger partial charge in [0.1, 0.15) is 5.02 Å². The number of ketones is 1. The first kappa shape index (κ1) is 13.1. The van der Waals surface area contributed by atoms with Crippen LogP contribution in [0.4, 0.5) is 4.39 Å². The highest BCUT2D eigenvalue weighted by Crippen LogP contribution is 2.40. The van der Waals surface area contributed by atoms with Gasteiger partial charge >= 0.3 is 0 Å². The first-order chi connectivity index (χ1) is 8.65. The second kappa shape index (κ2) is 5.54. The standard InChI is InChI=1S/C12H13ClFNO3/c1-15-6-8(16)7-5-9-12(10(13)11(7)14)18-4-2-3-17-9/h5,15H,2-4,6H2,1H3. The summed E-state index contributed by atoms with van der Waals surface area (Å²) < 4.78 is 24.7. The van der Waals surface area contributed by atoms with Gasteiger partial charge in [-0.05, 0) is 13.1 Å². The zero-order valence-electron chi connectivity index (χ0n) is 9.89. The van der Waals surface area contributed by atoms with Gasteiger partial charge in [-0.1, -0.05) is 11.6 Å². The number of carbonyl (C=O) groups is 1. The molecule has 0 spiro atoms. The van der Waals surface area contributed by atoms with Gasteiger partial charge in [-0.25, -0.2) is 4.39 Å². The molecule has 0 aliphatic carbocycles. The van der Waals surface area contributed by atoms with Crippen LogP contribution < -0.4 is 14.8 Å². The topological polar surface area (TPSA) is 47.6 Å². The Hall–Kier alpha value is -1.33. The second-order valence-corrected chi connectivity index (χ2v) is 4.26. The van der Waals surface area contributed by atoms with E-state index < -0.39 is 5.82 Å². The molecule has 0 atom stereocenters. The average molecular weight is 274 g/mol. The molecule has 0 aromatic heterocycles. The largest absolute Gasteiger partial charge is 0.489 e. The zero-order valence-corrected chi connectivity index (χ0v) is 10.6. The van der Waals surface area contributed by atoms with Crippen LogP contribution in [0.5, 0.6) is 11.5 Å². The van der Waals surface area contributed by atoms with E-state index in [1.165, 1.54) is 6.07 Å². The van der Waals surface area contributed by atoms with Crippen molar-refractivity contribution >= 4 is 17.4 Å². The number of rotatable bonds is 3. The summed E-state index contributed by atoms with van der Waals surface area (Å²) in [6.45, 7) is 0.900. The molecule has 1 aromatic rings. The lowest BCUT2D eigenvalue weighted by Crippen LogP contribution is -2.20. The smallest absolute Gasteiger partial charge is 0.182 e. The van der Waals surface area contributed by atoms with Crippen LogP contribution in [0.15, 0.2) is 6.07 Å². The van der Waals surface area contributed by atoms with E-state index >= 15 is 0 Å². The Morgan fingerprint density at radius 2 is 2.22 bits per heavy atom. The van der Waals surface area contributed by atoms with Gasteiger partial charge in [-0.15, -0.1) is 0 Å². The van der Waals surface area contributed by atoms with Crippen LogP contribution in [0.3, 0.4) is 0 Å². The van der Waals surface area contributed by atoms with E-state index in [1.54, 1.807) is 7.05 Å². The van der Waals surface area contributed by atoms with Gasteiger partial charge in [-0.3, -0.25) is 4.79 Å². The molecule has 0 unspecified atom stereocenters. The number of fused-ring (bicyclic) bond motifs is 1. The Labute approximate surface area is 109 Å². The maximum atomic E-state index is 14.0. The summed E-state index contributed by atoms with van der Waals surface area (Å²) in [5, 5.41) is 2.47. The first-order valence-electron chi connectivity index (χ1n) is 5.60. The summed E-state index contributed by atoms with van der Waals surface area (Å²) in [6, 6.07) is 1.35. The van der Waals surface area contributed by atoms with E-state index in [9.17, 15) is 9.18 Å². The van der Waals surface area contributed by atoms with Crippen LogP contribution in [0.1, 0.15) is 16.8 Å². The SMILES string of the molecule is CNCC(=O)c1cc2c(c(Cl)c1F)OCCCO2. The summed E-state index contributed by atoms with van der Waals surface area (Å²) in [7, 11) is 1.61. The minimum atomic E-state index is -0.763. The molecule has 0 radical (unpaired) electrons. The Morgan fingerprint density at radius 1 is 1.50 bits per heavy atom. The minimum absolute atomic E-state index is 0.0346. The van der Waals surface area contributed by atoms with Gasteiger partial charge < -0.3 is 14.8 Å². The van der Waals surface area contributed by atoms with E-state index in [4.69, 9.17) is 21.1 Å². The molecule has 0 amide bonds. The first-order valence-corrected chi connectivity index (χ1v) is 5.98. The average Bonchev–Trinajstić information content (AvgIpc) is 2.59. The molecular formula is C12H13ClFNO3. The van der Waals surface area contributed by atoms with E-state index in [-0.39, 0.29) is 28.7 Å². The van der Waals surface area contributed by atoms with Crippen molar-refractivity contribution in [3.8, 4) is 11.5 Å². The molecule has 0 saturated carbocycles. The van der Waals surface area contributed by atoms with Gasteiger partial charge in [0.15, 0.2) is 23.1 Å². The number of Topliss-reactive ketones (excluding diaryl/α,β-unsaturated/α-hetero) is 1. The van der Waals surface area contributed by atoms with Gasteiger partial charge in [0, 0.05) is 6.42 Å². The Bertz CT molecular complexity index is 479. The number of halogens is 2. The van der Waals surface area contributed by atoms with Crippen molar-refractivity contribution in [1.29, 1.82) is 0 Å². The third kappa shape index (κ3) is 2.42. The number of carbonyl (C=O) groups excluding carboxylic acids is 1. The monoisotopic (exact) mass is 273 g/mol. The maximum absolute atomic E-state index is 14.0.